The molecule has 3 aliphatic carbocycles. The summed E-state index contributed by atoms with van der Waals surface area (Å²) in [7, 11) is 0. The number of alkyl halides is 1. The van der Waals surface area contributed by atoms with E-state index in [0.717, 1.165) is 12.8 Å². The standard InChI is InChI=1S/C31H45FN4O6/c1-2-41-31(39)35-9-7-33(8-10-35)27-23(32)17-21-26-29(27)42-25-16-20-6-4-3-5-19(20)15-24(25)36(26)18-22(28(21)37)30(38)34-11-13-40-14-12-34/h18-21,23-27,29H,2-17H2,1H3. The summed E-state index contributed by atoms with van der Waals surface area (Å²) in [6, 6.07) is -0.702. The van der Waals surface area contributed by atoms with Crippen LogP contribution < -0.4 is 0 Å². The molecule has 9 atom stereocenters. The summed E-state index contributed by atoms with van der Waals surface area (Å²) in [6.45, 7) is 5.98. The van der Waals surface area contributed by atoms with Gasteiger partial charge in [0.2, 0.25) is 0 Å². The third kappa shape index (κ3) is 4.93. The van der Waals surface area contributed by atoms with Crippen LogP contribution in [0.2, 0.25) is 0 Å². The molecule has 0 spiro atoms. The van der Waals surface area contributed by atoms with Crippen LogP contribution in [0.25, 0.3) is 0 Å². The Morgan fingerprint density at radius 2 is 1.67 bits per heavy atom. The Balaban J connectivity index is 1.19. The Morgan fingerprint density at radius 3 is 2.38 bits per heavy atom. The van der Waals surface area contributed by atoms with Crippen molar-refractivity contribution in [3.8, 4) is 0 Å². The average molecular weight is 589 g/mol. The van der Waals surface area contributed by atoms with Gasteiger partial charge in [-0.2, -0.15) is 0 Å². The molecule has 7 rings (SSSR count). The number of amides is 2. The van der Waals surface area contributed by atoms with Gasteiger partial charge in [-0.3, -0.25) is 14.5 Å². The Morgan fingerprint density at radius 1 is 0.952 bits per heavy atom. The van der Waals surface area contributed by atoms with Crippen molar-refractivity contribution in [2.75, 3.05) is 59.1 Å². The third-order valence-corrected chi connectivity index (χ3v) is 11.2. The Hall–Kier alpha value is -2.24. The molecular formula is C31H45FN4O6. The number of ketones is 1. The van der Waals surface area contributed by atoms with Gasteiger partial charge < -0.3 is 28.9 Å². The van der Waals surface area contributed by atoms with Gasteiger partial charge in [0, 0.05) is 51.4 Å². The second-order valence-corrected chi connectivity index (χ2v) is 13.3. The van der Waals surface area contributed by atoms with Crippen LogP contribution in [0.15, 0.2) is 11.8 Å². The predicted molar refractivity (Wildman–Crippen MR) is 150 cm³/mol. The molecule has 4 aliphatic heterocycles. The van der Waals surface area contributed by atoms with Gasteiger partial charge in [0.1, 0.15) is 6.17 Å². The van der Waals surface area contributed by atoms with Crippen LogP contribution in [0.3, 0.4) is 0 Å². The van der Waals surface area contributed by atoms with Crippen molar-refractivity contribution < 1.29 is 33.0 Å². The first-order valence-corrected chi connectivity index (χ1v) is 16.3. The van der Waals surface area contributed by atoms with E-state index in [9.17, 15) is 14.4 Å². The number of carbonyl (C=O) groups excluding carboxylic acids is 3. The maximum atomic E-state index is 16.4. The number of halogens is 1. The molecule has 0 N–H and O–H groups in total. The molecule has 6 fully saturated rings. The average Bonchev–Trinajstić information content (AvgIpc) is 3.01. The van der Waals surface area contributed by atoms with Crippen molar-refractivity contribution in [2.24, 2.45) is 17.8 Å². The van der Waals surface area contributed by atoms with Crippen molar-refractivity contribution in [1.82, 2.24) is 19.6 Å². The van der Waals surface area contributed by atoms with Crippen molar-refractivity contribution in [1.29, 1.82) is 0 Å². The summed E-state index contributed by atoms with van der Waals surface area (Å²) >= 11 is 0. The molecule has 0 aromatic rings. The second-order valence-electron chi connectivity index (χ2n) is 13.3. The quantitative estimate of drug-likeness (QED) is 0.464. The molecule has 3 saturated heterocycles. The maximum absolute atomic E-state index is 16.4. The molecule has 232 valence electrons. The normalized spacial score (nSPS) is 40.4. The van der Waals surface area contributed by atoms with Crippen LogP contribution in [-0.2, 0) is 23.8 Å². The van der Waals surface area contributed by atoms with Crippen molar-refractivity contribution in [2.45, 2.75) is 88.4 Å². The fourth-order valence-corrected chi connectivity index (χ4v) is 9.21. The van der Waals surface area contributed by atoms with E-state index in [1.165, 1.54) is 25.7 Å². The van der Waals surface area contributed by atoms with E-state index in [2.05, 4.69) is 9.80 Å². The molecule has 7 aliphatic rings. The lowest BCUT2D eigenvalue weighted by atomic mass is 9.64. The van der Waals surface area contributed by atoms with Gasteiger partial charge in [-0.15, -0.1) is 0 Å². The summed E-state index contributed by atoms with van der Waals surface area (Å²) in [5, 5.41) is 0. The molecule has 9 unspecified atom stereocenters. The molecule has 10 nitrogen and oxygen atoms in total. The van der Waals surface area contributed by atoms with Gasteiger partial charge in [-0.1, -0.05) is 25.7 Å². The zero-order valence-electron chi connectivity index (χ0n) is 24.7. The number of Topliss-reactive ketones (excluding diaryl/α,β-unsaturated/α-hetero) is 1. The molecule has 11 heteroatoms. The Kier molecular flexibility index (Phi) is 7.94. The summed E-state index contributed by atoms with van der Waals surface area (Å²) in [5.41, 5.74) is 0.206. The molecule has 0 radical (unpaired) electrons. The summed E-state index contributed by atoms with van der Waals surface area (Å²) in [5.74, 6) is 0.151. The highest BCUT2D eigenvalue weighted by Gasteiger charge is 2.61. The van der Waals surface area contributed by atoms with Crippen LogP contribution in [0.4, 0.5) is 9.18 Å². The Bertz CT molecular complexity index is 1090. The molecule has 0 aromatic heterocycles. The molecule has 0 aromatic carbocycles. The summed E-state index contributed by atoms with van der Waals surface area (Å²) in [6.07, 6.45) is 6.71. The van der Waals surface area contributed by atoms with Gasteiger partial charge >= 0.3 is 6.09 Å². The molecule has 2 amide bonds. The zero-order valence-corrected chi connectivity index (χ0v) is 24.7. The van der Waals surface area contributed by atoms with Crippen molar-refractivity contribution >= 4 is 17.8 Å². The lowest BCUT2D eigenvalue weighted by Crippen LogP contribution is -2.74. The number of piperazine rings is 1. The fourth-order valence-electron chi connectivity index (χ4n) is 9.21. The summed E-state index contributed by atoms with van der Waals surface area (Å²) in [4.78, 5) is 47.8. The molecule has 42 heavy (non-hydrogen) atoms. The number of nitrogens with zero attached hydrogens (tertiary/aromatic N) is 4. The number of ether oxygens (including phenoxy) is 3. The first-order valence-electron chi connectivity index (χ1n) is 16.3. The number of carbonyl (C=O) groups is 3. The molecule has 3 saturated carbocycles. The lowest BCUT2D eigenvalue weighted by Gasteiger charge is -2.62. The van der Waals surface area contributed by atoms with E-state index < -0.39 is 24.2 Å². The number of fused-ring (bicyclic) bond motifs is 3. The Labute approximate surface area is 247 Å². The van der Waals surface area contributed by atoms with E-state index in [1.54, 1.807) is 16.7 Å². The van der Waals surface area contributed by atoms with Gasteiger partial charge in [-0.05, 0) is 38.0 Å². The topological polar surface area (TPSA) is 91.9 Å². The van der Waals surface area contributed by atoms with Crippen LogP contribution in [0, 0.1) is 17.8 Å². The molecule has 0 bridgehead atoms. The number of hydrogen-bond acceptors (Lipinski definition) is 8. The number of rotatable bonds is 3. The maximum Gasteiger partial charge on any atom is 0.409 e. The van der Waals surface area contributed by atoms with E-state index >= 15 is 4.39 Å². The van der Waals surface area contributed by atoms with Crippen LogP contribution in [0.5, 0.6) is 0 Å². The lowest BCUT2D eigenvalue weighted by molar-refractivity contribution is -0.222. The van der Waals surface area contributed by atoms with Gasteiger partial charge in [0.15, 0.2) is 5.78 Å². The van der Waals surface area contributed by atoms with Crippen LogP contribution in [-0.4, -0.2) is 133 Å². The minimum absolute atomic E-state index is 0.0518. The van der Waals surface area contributed by atoms with E-state index in [4.69, 9.17) is 14.2 Å². The van der Waals surface area contributed by atoms with E-state index in [-0.39, 0.29) is 48.0 Å². The zero-order chi connectivity index (χ0) is 29.0. The van der Waals surface area contributed by atoms with Gasteiger partial charge in [0.25, 0.3) is 5.91 Å². The number of morpholine rings is 2. The molecule has 4 heterocycles. The van der Waals surface area contributed by atoms with Crippen molar-refractivity contribution in [3.05, 3.63) is 11.8 Å². The monoisotopic (exact) mass is 588 g/mol. The predicted octanol–water partition coefficient (Wildman–Crippen LogP) is 2.22. The smallest absolute Gasteiger partial charge is 0.409 e. The van der Waals surface area contributed by atoms with Crippen LogP contribution in [0.1, 0.15) is 51.9 Å². The highest BCUT2D eigenvalue weighted by molar-refractivity contribution is 6.20. The largest absolute Gasteiger partial charge is 0.450 e. The van der Waals surface area contributed by atoms with Gasteiger partial charge in [-0.25, -0.2) is 9.18 Å². The summed E-state index contributed by atoms with van der Waals surface area (Å²) < 4.78 is 34.0. The molecular weight excluding hydrogens is 543 g/mol. The van der Waals surface area contributed by atoms with E-state index in [1.807, 2.05) is 6.20 Å². The minimum atomic E-state index is -1.27. The third-order valence-electron chi connectivity index (χ3n) is 11.2. The number of hydrogen-bond donors (Lipinski definition) is 0. The fraction of sp³-hybridized carbons (Fsp3) is 0.839. The second kappa shape index (κ2) is 11.7. The minimum Gasteiger partial charge on any atom is -0.450 e. The van der Waals surface area contributed by atoms with Gasteiger partial charge in [0.05, 0.1) is 55.7 Å². The van der Waals surface area contributed by atoms with E-state index in [0.29, 0.717) is 70.9 Å². The highest BCUT2D eigenvalue weighted by atomic mass is 19.1. The highest BCUT2D eigenvalue weighted by Crippen LogP contribution is 2.51. The van der Waals surface area contributed by atoms with Crippen LogP contribution >= 0.6 is 0 Å². The first-order chi connectivity index (χ1) is 20.4. The SMILES string of the molecule is CCOC(=O)N1CCN(C2C(F)CC3C(=O)C(C(=O)N4CCOCC4)=CN4C5CC6CCCCC6CC5OC2C34)CC1. The first kappa shape index (κ1) is 28.5. The van der Waals surface area contributed by atoms with Crippen molar-refractivity contribution in [3.63, 3.8) is 0 Å².